The van der Waals surface area contributed by atoms with Crippen LogP contribution >= 0.6 is 0 Å². The summed E-state index contributed by atoms with van der Waals surface area (Å²) >= 11 is 0. The maximum atomic E-state index is 13.8. The van der Waals surface area contributed by atoms with Gasteiger partial charge in [0.05, 0.1) is 5.52 Å². The molecule has 2 nitrogen and oxygen atoms in total. The van der Waals surface area contributed by atoms with Crippen molar-refractivity contribution in [2.45, 2.75) is 32.1 Å². The highest BCUT2D eigenvalue weighted by Gasteiger charge is 2.24. The lowest BCUT2D eigenvalue weighted by molar-refractivity contribution is -0.124. The van der Waals surface area contributed by atoms with E-state index in [1.54, 1.807) is 6.07 Å². The summed E-state index contributed by atoms with van der Waals surface area (Å²) < 4.78 is 15.7. The minimum Gasteiger partial charge on any atom is -0.348 e. The van der Waals surface area contributed by atoms with Gasteiger partial charge in [-0.15, -0.1) is 0 Å². The number of benzene rings is 1. The molecule has 3 heteroatoms. The van der Waals surface area contributed by atoms with Crippen molar-refractivity contribution in [2.24, 2.45) is 13.0 Å². The van der Waals surface area contributed by atoms with Gasteiger partial charge in [0.25, 0.3) is 0 Å². The summed E-state index contributed by atoms with van der Waals surface area (Å²) in [6.07, 6.45) is 6.57. The quantitative estimate of drug-likeness (QED) is 0.807. The van der Waals surface area contributed by atoms with Crippen molar-refractivity contribution in [1.82, 2.24) is 4.57 Å². The van der Waals surface area contributed by atoms with Gasteiger partial charge in [-0.3, -0.25) is 4.79 Å². The summed E-state index contributed by atoms with van der Waals surface area (Å²) in [5.41, 5.74) is 1.73. The number of hydrogen-bond donors (Lipinski definition) is 0. The van der Waals surface area contributed by atoms with Crippen molar-refractivity contribution >= 4 is 16.7 Å². The molecule has 1 aliphatic rings. The van der Waals surface area contributed by atoms with E-state index in [0.29, 0.717) is 17.7 Å². The Balaban J connectivity index is 1.97. The van der Waals surface area contributed by atoms with E-state index < -0.39 is 0 Å². The lowest BCUT2D eigenvalue weighted by Crippen LogP contribution is -2.20. The molecule has 19 heavy (non-hydrogen) atoms. The molecular weight excluding hydrogens is 241 g/mol. The van der Waals surface area contributed by atoms with Crippen molar-refractivity contribution in [3.05, 3.63) is 35.8 Å². The number of Topliss-reactive ketones (excluding diaryl/α,β-unsaturated/α-hetero) is 1. The van der Waals surface area contributed by atoms with E-state index >= 15 is 0 Å². The first-order valence-electron chi connectivity index (χ1n) is 6.92. The Morgan fingerprint density at radius 1 is 1.37 bits per heavy atom. The van der Waals surface area contributed by atoms with Gasteiger partial charge in [-0.2, -0.15) is 0 Å². The Morgan fingerprint density at radius 3 is 3.00 bits per heavy atom. The number of halogens is 1. The SMILES string of the molecule is Cn1cc(CC2CCCCC2=O)c2cccc(F)c21. The van der Waals surface area contributed by atoms with Crippen LogP contribution in [0.3, 0.4) is 0 Å². The van der Waals surface area contributed by atoms with E-state index in [9.17, 15) is 9.18 Å². The van der Waals surface area contributed by atoms with E-state index in [1.165, 1.54) is 6.07 Å². The molecule has 3 rings (SSSR count). The van der Waals surface area contributed by atoms with Crippen molar-refractivity contribution in [3.8, 4) is 0 Å². The van der Waals surface area contributed by atoms with Gasteiger partial charge in [0.2, 0.25) is 0 Å². The van der Waals surface area contributed by atoms with Gasteiger partial charge in [0, 0.05) is 31.0 Å². The highest BCUT2D eigenvalue weighted by atomic mass is 19.1. The van der Waals surface area contributed by atoms with Gasteiger partial charge in [0.15, 0.2) is 0 Å². The van der Waals surface area contributed by atoms with Crippen molar-refractivity contribution < 1.29 is 9.18 Å². The average Bonchev–Trinajstić information content (AvgIpc) is 2.71. The number of ketones is 1. The molecule has 1 unspecified atom stereocenters. The van der Waals surface area contributed by atoms with Crippen LogP contribution in [0.15, 0.2) is 24.4 Å². The molecule has 1 saturated carbocycles. The molecule has 0 aliphatic heterocycles. The molecule has 1 atom stereocenters. The first-order chi connectivity index (χ1) is 9.16. The van der Waals surface area contributed by atoms with Crippen LogP contribution in [-0.4, -0.2) is 10.4 Å². The third-order valence-corrected chi connectivity index (χ3v) is 4.18. The number of rotatable bonds is 2. The molecule has 100 valence electrons. The molecule has 0 radical (unpaired) electrons. The fourth-order valence-corrected chi connectivity index (χ4v) is 3.20. The van der Waals surface area contributed by atoms with Crippen LogP contribution in [0.2, 0.25) is 0 Å². The van der Waals surface area contributed by atoms with Crippen LogP contribution in [0.4, 0.5) is 4.39 Å². The Bertz CT molecular complexity index is 629. The summed E-state index contributed by atoms with van der Waals surface area (Å²) in [7, 11) is 1.86. The standard InChI is InChI=1S/C16H18FNO/c1-18-10-12(9-11-5-2-3-8-15(11)19)13-6-4-7-14(17)16(13)18/h4,6-7,10-11H,2-3,5,8-9H2,1H3. The summed E-state index contributed by atoms with van der Waals surface area (Å²) in [5, 5.41) is 0.945. The van der Waals surface area contributed by atoms with E-state index in [-0.39, 0.29) is 11.7 Å². The number of aryl methyl sites for hydroxylation is 1. The minimum atomic E-state index is -0.193. The fraction of sp³-hybridized carbons (Fsp3) is 0.438. The molecular formula is C16H18FNO. The zero-order valence-corrected chi connectivity index (χ0v) is 11.2. The molecule has 0 amide bonds. The number of carbonyl (C=O) groups excluding carboxylic acids is 1. The molecule has 0 bridgehead atoms. The average molecular weight is 259 g/mol. The largest absolute Gasteiger partial charge is 0.348 e. The van der Waals surface area contributed by atoms with Gasteiger partial charge in [0.1, 0.15) is 11.6 Å². The molecule has 1 heterocycles. The normalized spacial score (nSPS) is 20.1. The smallest absolute Gasteiger partial charge is 0.147 e. The van der Waals surface area contributed by atoms with Crippen molar-refractivity contribution in [1.29, 1.82) is 0 Å². The molecule has 1 aromatic heterocycles. The predicted octanol–water partition coefficient (Wildman–Crippen LogP) is 3.62. The second kappa shape index (κ2) is 4.80. The third kappa shape index (κ3) is 2.18. The summed E-state index contributed by atoms with van der Waals surface area (Å²) in [6, 6.07) is 5.17. The topological polar surface area (TPSA) is 22.0 Å². The second-order valence-electron chi connectivity index (χ2n) is 5.51. The number of para-hydroxylation sites is 1. The second-order valence-corrected chi connectivity index (χ2v) is 5.51. The van der Waals surface area contributed by atoms with E-state index in [4.69, 9.17) is 0 Å². The van der Waals surface area contributed by atoms with Gasteiger partial charge < -0.3 is 4.57 Å². The number of hydrogen-bond acceptors (Lipinski definition) is 1. The Labute approximate surface area is 112 Å². The third-order valence-electron chi connectivity index (χ3n) is 4.18. The number of fused-ring (bicyclic) bond motifs is 1. The number of nitrogens with zero attached hydrogens (tertiary/aromatic N) is 1. The van der Waals surface area contributed by atoms with Crippen LogP contribution in [0, 0.1) is 11.7 Å². The van der Waals surface area contributed by atoms with Gasteiger partial charge in [-0.1, -0.05) is 18.6 Å². The first-order valence-corrected chi connectivity index (χ1v) is 6.92. The summed E-state index contributed by atoms with van der Waals surface area (Å²) in [6.45, 7) is 0. The lowest BCUT2D eigenvalue weighted by Gasteiger charge is -2.19. The zero-order chi connectivity index (χ0) is 13.4. The highest BCUT2D eigenvalue weighted by Crippen LogP contribution is 2.29. The van der Waals surface area contributed by atoms with Crippen LogP contribution in [-0.2, 0) is 18.3 Å². The van der Waals surface area contributed by atoms with E-state index in [0.717, 1.165) is 36.6 Å². The minimum absolute atomic E-state index is 0.127. The van der Waals surface area contributed by atoms with Crippen LogP contribution in [0.5, 0.6) is 0 Å². The van der Waals surface area contributed by atoms with Crippen LogP contribution in [0.25, 0.3) is 10.9 Å². The van der Waals surface area contributed by atoms with Gasteiger partial charge in [-0.05, 0) is 30.9 Å². The maximum absolute atomic E-state index is 13.8. The summed E-state index contributed by atoms with van der Waals surface area (Å²) in [5.74, 6) is 0.309. The molecule has 0 spiro atoms. The van der Waals surface area contributed by atoms with Crippen LogP contribution in [0.1, 0.15) is 31.2 Å². The van der Waals surface area contributed by atoms with Gasteiger partial charge in [-0.25, -0.2) is 4.39 Å². The lowest BCUT2D eigenvalue weighted by atomic mass is 9.84. The monoisotopic (exact) mass is 259 g/mol. The maximum Gasteiger partial charge on any atom is 0.147 e. The number of aromatic nitrogens is 1. The highest BCUT2D eigenvalue weighted by molar-refractivity contribution is 5.86. The molecule has 1 aliphatic carbocycles. The molecule has 1 aromatic carbocycles. The molecule has 2 aromatic rings. The Hall–Kier alpha value is -1.64. The Morgan fingerprint density at radius 2 is 2.21 bits per heavy atom. The molecule has 0 saturated heterocycles. The first kappa shape index (κ1) is 12.4. The zero-order valence-electron chi connectivity index (χ0n) is 11.2. The number of carbonyl (C=O) groups is 1. The molecule has 1 fully saturated rings. The van der Waals surface area contributed by atoms with Crippen molar-refractivity contribution in [2.75, 3.05) is 0 Å². The summed E-state index contributed by atoms with van der Waals surface area (Å²) in [4.78, 5) is 11.9. The van der Waals surface area contributed by atoms with Crippen molar-refractivity contribution in [3.63, 3.8) is 0 Å². The predicted molar refractivity (Wildman–Crippen MR) is 73.5 cm³/mol. The fourth-order valence-electron chi connectivity index (χ4n) is 3.20. The van der Waals surface area contributed by atoms with E-state index in [2.05, 4.69) is 0 Å². The van der Waals surface area contributed by atoms with Gasteiger partial charge >= 0.3 is 0 Å². The van der Waals surface area contributed by atoms with E-state index in [1.807, 2.05) is 23.9 Å². The van der Waals surface area contributed by atoms with Crippen LogP contribution < -0.4 is 0 Å². The molecule has 0 N–H and O–H groups in total. The Kier molecular flexibility index (Phi) is 3.13.